The number of anilines is 1. The minimum Gasteiger partial charge on any atom is -0.481 e. The number of carboxylic acid groups (broad SMARTS) is 1. The molecule has 3 N–H and O–H groups in total. The van der Waals surface area contributed by atoms with Crippen LogP contribution in [0.25, 0.3) is 16.8 Å². The average Bonchev–Trinajstić information content (AvgIpc) is 3.34. The van der Waals surface area contributed by atoms with Crippen molar-refractivity contribution in [1.82, 2.24) is 14.4 Å². The smallest absolute Gasteiger partial charge is 0.416 e. The summed E-state index contributed by atoms with van der Waals surface area (Å²) < 4.78 is 41.5. The molecule has 4 aromatic rings. The van der Waals surface area contributed by atoms with Crippen molar-refractivity contribution in [3.05, 3.63) is 83.4 Å². The molecule has 2 aromatic heterocycles. The summed E-state index contributed by atoms with van der Waals surface area (Å²) in [6.45, 7) is 5.88. The Kier molecular flexibility index (Phi) is 6.41. The van der Waals surface area contributed by atoms with E-state index in [1.165, 1.54) is 12.1 Å². The van der Waals surface area contributed by atoms with Gasteiger partial charge in [-0.1, -0.05) is 63.2 Å². The van der Waals surface area contributed by atoms with E-state index in [4.69, 9.17) is 10.7 Å². The summed E-state index contributed by atoms with van der Waals surface area (Å²) in [4.78, 5) is 20.7. The highest BCUT2D eigenvalue weighted by atomic mass is 19.4. The number of carboxylic acids is 1. The quantitative estimate of drug-likeness (QED) is 0.285. The van der Waals surface area contributed by atoms with Crippen molar-refractivity contribution < 1.29 is 23.1 Å². The van der Waals surface area contributed by atoms with Gasteiger partial charge in [0, 0.05) is 29.8 Å². The third kappa shape index (κ3) is 4.61. The van der Waals surface area contributed by atoms with Gasteiger partial charge in [0.05, 0.1) is 11.5 Å². The summed E-state index contributed by atoms with van der Waals surface area (Å²) in [7, 11) is 0. The van der Waals surface area contributed by atoms with E-state index in [0.717, 1.165) is 23.0 Å². The zero-order valence-electron chi connectivity index (χ0n) is 21.3. The first kappa shape index (κ1) is 25.8. The lowest BCUT2D eigenvalue weighted by atomic mass is 9.91. The highest BCUT2D eigenvalue weighted by Crippen LogP contribution is 2.51. The number of nitrogens with zero attached hydrogens (tertiary/aromatic N) is 3. The molecule has 2 heterocycles. The van der Waals surface area contributed by atoms with Crippen LogP contribution in [-0.2, 0) is 11.0 Å². The lowest BCUT2D eigenvalue weighted by Crippen LogP contribution is -2.06. The molecule has 198 valence electrons. The summed E-state index contributed by atoms with van der Waals surface area (Å²) in [5, 5.41) is 9.43. The number of benzene rings is 2. The molecule has 1 saturated carbocycles. The second kappa shape index (κ2) is 9.45. The number of rotatable bonds is 7. The normalized spacial score (nSPS) is 20.8. The molecule has 38 heavy (non-hydrogen) atoms. The monoisotopic (exact) mass is 522 g/mol. The molecule has 0 bridgehead atoms. The highest BCUT2D eigenvalue weighted by Gasteiger charge is 2.52. The second-order valence-electron chi connectivity index (χ2n) is 10.3. The van der Waals surface area contributed by atoms with E-state index in [0.29, 0.717) is 29.0 Å². The summed E-state index contributed by atoms with van der Waals surface area (Å²) in [5.74, 6) is 0.0438. The number of hydrogen-bond acceptors (Lipinski definition) is 4. The van der Waals surface area contributed by atoms with E-state index in [-0.39, 0.29) is 29.6 Å². The number of aromatic nitrogens is 3. The Labute approximate surface area is 218 Å². The molecule has 5 atom stereocenters. The third-order valence-corrected chi connectivity index (χ3v) is 7.92. The molecule has 9 heteroatoms. The molecule has 1 aliphatic carbocycles. The van der Waals surface area contributed by atoms with Crippen LogP contribution in [0.15, 0.2) is 60.9 Å². The molecule has 6 nitrogen and oxygen atoms in total. The largest absolute Gasteiger partial charge is 0.481 e. The van der Waals surface area contributed by atoms with Crippen LogP contribution in [0.2, 0.25) is 0 Å². The van der Waals surface area contributed by atoms with Gasteiger partial charge in [-0.15, -0.1) is 0 Å². The number of nitrogen functional groups attached to an aromatic ring is 1. The molecule has 1 fully saturated rings. The van der Waals surface area contributed by atoms with Gasteiger partial charge in [0.25, 0.3) is 0 Å². The number of alkyl halides is 3. The maximum atomic E-state index is 13.2. The van der Waals surface area contributed by atoms with Gasteiger partial charge in [-0.2, -0.15) is 13.2 Å². The maximum Gasteiger partial charge on any atom is 0.416 e. The minimum absolute atomic E-state index is 0.00458. The van der Waals surface area contributed by atoms with Crippen LogP contribution in [0.4, 0.5) is 19.0 Å². The van der Waals surface area contributed by atoms with E-state index in [2.05, 4.69) is 4.98 Å². The van der Waals surface area contributed by atoms with Crippen LogP contribution in [0.1, 0.15) is 61.5 Å². The van der Waals surface area contributed by atoms with Crippen LogP contribution < -0.4 is 5.73 Å². The Morgan fingerprint density at radius 3 is 2.47 bits per heavy atom. The third-order valence-electron chi connectivity index (χ3n) is 7.92. The first-order valence-electron chi connectivity index (χ1n) is 12.6. The SMILES string of the molecule is CC(CC1C(C)C1C(=O)O)c1nc(-c2ccc(C(C)c3cccc(C(F)(F)F)c3)cc2)c2c(N)nccn12. The number of aliphatic carboxylic acids is 1. The Bertz CT molecular complexity index is 1500. The fourth-order valence-corrected chi connectivity index (χ4v) is 5.57. The van der Waals surface area contributed by atoms with Crippen LogP contribution in [0.3, 0.4) is 0 Å². The number of nitrogens with two attached hydrogens (primary N) is 1. The molecule has 0 radical (unpaired) electrons. The van der Waals surface area contributed by atoms with Crippen molar-refractivity contribution in [3.63, 3.8) is 0 Å². The van der Waals surface area contributed by atoms with Gasteiger partial charge in [-0.05, 0) is 35.4 Å². The number of carbonyl (C=O) groups is 1. The summed E-state index contributed by atoms with van der Waals surface area (Å²) in [5.41, 5.74) is 9.20. The maximum absolute atomic E-state index is 13.2. The summed E-state index contributed by atoms with van der Waals surface area (Å²) >= 11 is 0. The molecule has 1 aliphatic rings. The lowest BCUT2D eigenvalue weighted by Gasteiger charge is -2.15. The van der Waals surface area contributed by atoms with E-state index in [9.17, 15) is 23.1 Å². The van der Waals surface area contributed by atoms with Gasteiger partial charge in [0.2, 0.25) is 0 Å². The van der Waals surface area contributed by atoms with Gasteiger partial charge >= 0.3 is 12.1 Å². The Morgan fingerprint density at radius 2 is 1.84 bits per heavy atom. The first-order valence-corrected chi connectivity index (χ1v) is 12.6. The van der Waals surface area contributed by atoms with Crippen LogP contribution in [0.5, 0.6) is 0 Å². The van der Waals surface area contributed by atoms with Crippen molar-refractivity contribution >= 4 is 17.3 Å². The summed E-state index contributed by atoms with van der Waals surface area (Å²) in [6, 6.07) is 13.0. The molecular formula is C29H29F3N4O2. The topological polar surface area (TPSA) is 93.5 Å². The molecule has 0 saturated heterocycles. The molecule has 2 aromatic carbocycles. The van der Waals surface area contributed by atoms with E-state index >= 15 is 0 Å². The predicted octanol–water partition coefficient (Wildman–Crippen LogP) is 6.61. The van der Waals surface area contributed by atoms with Crippen molar-refractivity contribution in [3.8, 4) is 11.3 Å². The fourth-order valence-electron chi connectivity index (χ4n) is 5.57. The standard InChI is InChI=1S/C29H29F3N4O2/c1-15(13-22-17(3)23(22)28(37)38)27-35-24(25-26(33)34-11-12-36(25)27)19-9-7-18(8-10-19)16(2)20-5-4-6-21(14-20)29(30,31)32/h4-12,14-17,22-23H,13H2,1-3H3,(H2,33,34)(H,37,38). The van der Waals surface area contributed by atoms with Gasteiger partial charge in [-0.25, -0.2) is 9.97 Å². The predicted molar refractivity (Wildman–Crippen MR) is 139 cm³/mol. The van der Waals surface area contributed by atoms with Crippen LogP contribution in [0, 0.1) is 17.8 Å². The lowest BCUT2D eigenvalue weighted by molar-refractivity contribution is -0.139. The van der Waals surface area contributed by atoms with E-state index in [1.807, 2.05) is 55.6 Å². The molecule has 5 rings (SSSR count). The number of hydrogen-bond donors (Lipinski definition) is 2. The van der Waals surface area contributed by atoms with E-state index in [1.54, 1.807) is 12.3 Å². The van der Waals surface area contributed by atoms with Gasteiger partial charge in [0.1, 0.15) is 22.9 Å². The molecule has 5 unspecified atom stereocenters. The zero-order chi connectivity index (χ0) is 27.4. The van der Waals surface area contributed by atoms with E-state index < -0.39 is 17.7 Å². The Morgan fingerprint density at radius 1 is 1.13 bits per heavy atom. The number of fused-ring (bicyclic) bond motifs is 1. The zero-order valence-corrected chi connectivity index (χ0v) is 21.3. The molecule has 0 aliphatic heterocycles. The Balaban J connectivity index is 1.45. The van der Waals surface area contributed by atoms with Crippen LogP contribution >= 0.6 is 0 Å². The second-order valence-corrected chi connectivity index (χ2v) is 10.3. The summed E-state index contributed by atoms with van der Waals surface area (Å²) in [6.07, 6.45) is -0.268. The number of imidazole rings is 1. The van der Waals surface area contributed by atoms with Gasteiger partial charge in [-0.3, -0.25) is 9.20 Å². The number of halogens is 3. The van der Waals surface area contributed by atoms with Gasteiger partial charge in [0.15, 0.2) is 0 Å². The fraction of sp³-hybridized carbons (Fsp3) is 0.345. The minimum atomic E-state index is -4.39. The average molecular weight is 523 g/mol. The first-order chi connectivity index (χ1) is 18.0. The van der Waals surface area contributed by atoms with Crippen molar-refractivity contribution in [2.45, 2.75) is 45.2 Å². The highest BCUT2D eigenvalue weighted by molar-refractivity contribution is 5.85. The van der Waals surface area contributed by atoms with Gasteiger partial charge < -0.3 is 10.8 Å². The van der Waals surface area contributed by atoms with Crippen molar-refractivity contribution in [2.75, 3.05) is 5.73 Å². The molecule has 0 spiro atoms. The van der Waals surface area contributed by atoms with Crippen molar-refractivity contribution in [2.24, 2.45) is 17.8 Å². The van der Waals surface area contributed by atoms with Crippen molar-refractivity contribution in [1.29, 1.82) is 0 Å². The molecule has 0 amide bonds. The Hall–Kier alpha value is -3.88. The molecular weight excluding hydrogens is 493 g/mol. The van der Waals surface area contributed by atoms with Crippen LogP contribution in [-0.4, -0.2) is 25.4 Å².